The third kappa shape index (κ3) is 3.05. The van der Waals surface area contributed by atoms with Crippen LogP contribution in [0.3, 0.4) is 0 Å². The van der Waals surface area contributed by atoms with Crippen LogP contribution in [0, 0.1) is 0 Å². The molecule has 7 heteroatoms. The van der Waals surface area contributed by atoms with Crippen molar-refractivity contribution < 1.29 is 19.5 Å². The minimum atomic E-state index is -1.30. The highest BCUT2D eigenvalue weighted by atomic mass is 16.4. The quantitative estimate of drug-likeness (QED) is 0.576. The number of benzene rings is 1. The van der Waals surface area contributed by atoms with Crippen molar-refractivity contribution in [1.29, 1.82) is 0 Å². The molecule has 2 rings (SSSR count). The molecule has 0 aliphatic carbocycles. The van der Waals surface area contributed by atoms with Crippen LogP contribution in [0.2, 0.25) is 0 Å². The molecule has 0 bridgehead atoms. The van der Waals surface area contributed by atoms with E-state index in [-0.39, 0.29) is 0 Å². The Labute approximate surface area is 115 Å². The van der Waals surface area contributed by atoms with Crippen LogP contribution in [0.25, 0.3) is 0 Å². The molecular formula is C13H15N3O4. The van der Waals surface area contributed by atoms with Gasteiger partial charge in [0.25, 0.3) is 0 Å². The summed E-state index contributed by atoms with van der Waals surface area (Å²) in [4.78, 5) is 33.8. The second kappa shape index (κ2) is 5.60. The first kappa shape index (κ1) is 13.9. The summed E-state index contributed by atoms with van der Waals surface area (Å²) in [6, 6.07) is 5.62. The van der Waals surface area contributed by atoms with Gasteiger partial charge in [0.2, 0.25) is 11.8 Å². The lowest BCUT2D eigenvalue weighted by atomic mass is 10.1. The minimum Gasteiger partial charge on any atom is -0.480 e. The number of rotatable bonds is 5. The Kier molecular flexibility index (Phi) is 3.88. The maximum atomic E-state index is 12.0. The van der Waals surface area contributed by atoms with Crippen LogP contribution in [0.15, 0.2) is 24.3 Å². The number of primary amides is 1. The van der Waals surface area contributed by atoms with Crippen molar-refractivity contribution in [1.82, 2.24) is 5.32 Å². The first-order chi connectivity index (χ1) is 9.47. The van der Waals surface area contributed by atoms with Gasteiger partial charge in [0.15, 0.2) is 0 Å². The van der Waals surface area contributed by atoms with Crippen LogP contribution >= 0.6 is 0 Å². The number of aliphatic carboxylic acids is 1. The molecule has 2 atom stereocenters. The predicted molar refractivity (Wildman–Crippen MR) is 70.9 cm³/mol. The van der Waals surface area contributed by atoms with Crippen molar-refractivity contribution in [2.24, 2.45) is 5.73 Å². The zero-order valence-corrected chi connectivity index (χ0v) is 10.6. The first-order valence-electron chi connectivity index (χ1n) is 6.13. The van der Waals surface area contributed by atoms with E-state index >= 15 is 0 Å². The first-order valence-corrected chi connectivity index (χ1v) is 6.13. The van der Waals surface area contributed by atoms with E-state index in [1.807, 2.05) is 24.3 Å². The largest absolute Gasteiger partial charge is 0.480 e. The molecule has 0 fully saturated rings. The molecule has 106 valence electrons. The zero-order chi connectivity index (χ0) is 14.7. The van der Waals surface area contributed by atoms with E-state index in [1.165, 1.54) is 0 Å². The number of anilines is 1. The lowest BCUT2D eigenvalue weighted by Crippen LogP contribution is -2.48. The Morgan fingerprint density at radius 3 is 2.70 bits per heavy atom. The molecule has 1 aliphatic rings. The molecular weight excluding hydrogens is 262 g/mol. The number of hydrogen-bond acceptors (Lipinski definition) is 4. The number of carboxylic acid groups (broad SMARTS) is 1. The van der Waals surface area contributed by atoms with E-state index in [0.717, 1.165) is 11.3 Å². The Morgan fingerprint density at radius 2 is 2.10 bits per heavy atom. The fourth-order valence-corrected chi connectivity index (χ4v) is 2.13. The number of carboxylic acids is 1. The molecule has 7 nitrogen and oxygen atoms in total. The van der Waals surface area contributed by atoms with E-state index in [4.69, 9.17) is 10.8 Å². The molecule has 20 heavy (non-hydrogen) atoms. The van der Waals surface area contributed by atoms with Gasteiger partial charge >= 0.3 is 5.97 Å². The lowest BCUT2D eigenvalue weighted by molar-refractivity contribution is -0.143. The molecule has 0 unspecified atom stereocenters. The van der Waals surface area contributed by atoms with Gasteiger partial charge in [0.05, 0.1) is 6.42 Å². The zero-order valence-electron chi connectivity index (χ0n) is 10.6. The molecule has 0 aromatic heterocycles. The van der Waals surface area contributed by atoms with Gasteiger partial charge < -0.3 is 21.5 Å². The number of carbonyl (C=O) groups excluding carboxylic acids is 2. The summed E-state index contributed by atoms with van der Waals surface area (Å²) in [6.45, 7) is 0. The number of para-hydroxylation sites is 1. The van der Waals surface area contributed by atoms with Crippen LogP contribution in [-0.2, 0) is 20.8 Å². The van der Waals surface area contributed by atoms with E-state index in [9.17, 15) is 14.4 Å². The molecule has 1 aromatic rings. The summed E-state index contributed by atoms with van der Waals surface area (Å²) >= 11 is 0. The Bertz CT molecular complexity index is 533. The number of hydrogen-bond donors (Lipinski definition) is 4. The van der Waals surface area contributed by atoms with Gasteiger partial charge in [-0.25, -0.2) is 4.79 Å². The number of nitrogens with one attached hydrogen (secondary N) is 2. The molecule has 1 aliphatic heterocycles. The highest BCUT2D eigenvalue weighted by Crippen LogP contribution is 2.25. The summed E-state index contributed by atoms with van der Waals surface area (Å²) in [5, 5.41) is 14.3. The van der Waals surface area contributed by atoms with Crippen LogP contribution in [0.5, 0.6) is 0 Å². The third-order valence-corrected chi connectivity index (χ3v) is 3.11. The highest BCUT2D eigenvalue weighted by molar-refractivity contribution is 5.92. The van der Waals surface area contributed by atoms with Crippen LogP contribution in [0.4, 0.5) is 5.69 Å². The monoisotopic (exact) mass is 277 g/mol. The molecule has 0 saturated carbocycles. The van der Waals surface area contributed by atoms with Crippen molar-refractivity contribution in [3.63, 3.8) is 0 Å². The van der Waals surface area contributed by atoms with Gasteiger partial charge in [-0.05, 0) is 11.6 Å². The Hall–Kier alpha value is -2.57. The summed E-state index contributed by atoms with van der Waals surface area (Å²) in [5.74, 6) is -2.53. The smallest absolute Gasteiger partial charge is 0.326 e. The molecule has 0 saturated heterocycles. The Morgan fingerprint density at radius 1 is 1.40 bits per heavy atom. The van der Waals surface area contributed by atoms with E-state index in [2.05, 4.69) is 10.6 Å². The second-order valence-electron chi connectivity index (χ2n) is 4.63. The van der Waals surface area contributed by atoms with Crippen molar-refractivity contribution in [2.75, 3.05) is 5.32 Å². The van der Waals surface area contributed by atoms with Crippen molar-refractivity contribution in [3.8, 4) is 0 Å². The van der Waals surface area contributed by atoms with Gasteiger partial charge in [-0.2, -0.15) is 0 Å². The van der Waals surface area contributed by atoms with Gasteiger partial charge in [0.1, 0.15) is 12.1 Å². The SMILES string of the molecule is NC(=O)C[C@H](NC(=O)[C@@H]1Cc2ccccc2N1)C(=O)O. The lowest BCUT2D eigenvalue weighted by Gasteiger charge is -2.16. The summed E-state index contributed by atoms with van der Waals surface area (Å²) < 4.78 is 0. The van der Waals surface area contributed by atoms with Crippen molar-refractivity contribution >= 4 is 23.5 Å². The standard InChI is InChI=1S/C13H15N3O4/c14-11(17)6-10(13(19)20)16-12(18)9-5-7-3-1-2-4-8(7)15-9/h1-4,9-10,15H,5-6H2,(H2,14,17)(H,16,18)(H,19,20)/t9-,10-/m0/s1. The second-order valence-corrected chi connectivity index (χ2v) is 4.63. The summed E-state index contributed by atoms with van der Waals surface area (Å²) in [5.41, 5.74) is 6.81. The predicted octanol–water partition coefficient (Wildman–Crippen LogP) is -0.532. The molecule has 1 heterocycles. The van der Waals surface area contributed by atoms with Gasteiger partial charge in [-0.1, -0.05) is 18.2 Å². The average molecular weight is 277 g/mol. The van der Waals surface area contributed by atoms with Crippen LogP contribution in [0.1, 0.15) is 12.0 Å². The molecule has 2 amide bonds. The van der Waals surface area contributed by atoms with Crippen LogP contribution in [-0.4, -0.2) is 35.0 Å². The molecule has 1 aromatic carbocycles. The topological polar surface area (TPSA) is 122 Å². The highest BCUT2D eigenvalue weighted by Gasteiger charge is 2.30. The summed E-state index contributed by atoms with van der Waals surface area (Å²) in [7, 11) is 0. The fourth-order valence-electron chi connectivity index (χ4n) is 2.13. The fraction of sp³-hybridized carbons (Fsp3) is 0.308. The van der Waals surface area contributed by atoms with E-state index in [0.29, 0.717) is 6.42 Å². The minimum absolute atomic E-state index is 0.430. The van der Waals surface area contributed by atoms with E-state index < -0.39 is 36.3 Å². The van der Waals surface area contributed by atoms with Gasteiger partial charge in [-0.3, -0.25) is 9.59 Å². The number of nitrogens with two attached hydrogens (primary N) is 1. The molecule has 0 radical (unpaired) electrons. The van der Waals surface area contributed by atoms with Crippen molar-refractivity contribution in [3.05, 3.63) is 29.8 Å². The number of amides is 2. The number of fused-ring (bicyclic) bond motifs is 1. The van der Waals surface area contributed by atoms with E-state index in [1.54, 1.807) is 0 Å². The van der Waals surface area contributed by atoms with Crippen LogP contribution < -0.4 is 16.4 Å². The maximum Gasteiger partial charge on any atom is 0.326 e. The maximum absolute atomic E-state index is 12.0. The molecule has 5 N–H and O–H groups in total. The van der Waals surface area contributed by atoms with Gasteiger partial charge in [-0.15, -0.1) is 0 Å². The van der Waals surface area contributed by atoms with Gasteiger partial charge in [0, 0.05) is 12.1 Å². The van der Waals surface area contributed by atoms with Crippen molar-refractivity contribution in [2.45, 2.75) is 24.9 Å². The molecule has 0 spiro atoms. The third-order valence-electron chi connectivity index (χ3n) is 3.11. The average Bonchev–Trinajstić information content (AvgIpc) is 2.81. The Balaban J connectivity index is 1.99. The normalized spacial score (nSPS) is 17.7. The summed E-state index contributed by atoms with van der Waals surface area (Å²) in [6.07, 6.45) is 0.0473. The number of carbonyl (C=O) groups is 3.